The minimum absolute atomic E-state index is 0.124. The maximum atomic E-state index is 11.1. The fourth-order valence-corrected chi connectivity index (χ4v) is 2.94. The summed E-state index contributed by atoms with van der Waals surface area (Å²) in [6.07, 6.45) is 3.52. The number of ether oxygens (including phenoxy) is 1. The predicted octanol–water partition coefficient (Wildman–Crippen LogP) is 2.61. The van der Waals surface area contributed by atoms with Gasteiger partial charge in [-0.2, -0.15) is 0 Å². The van der Waals surface area contributed by atoms with Gasteiger partial charge in [-0.15, -0.1) is 0 Å². The summed E-state index contributed by atoms with van der Waals surface area (Å²) in [7, 11) is 1.69. The van der Waals surface area contributed by atoms with E-state index in [0.717, 1.165) is 19.3 Å². The average Bonchev–Trinajstić information content (AvgIpc) is 2.48. The van der Waals surface area contributed by atoms with Crippen LogP contribution in [0.1, 0.15) is 37.3 Å². The molecule has 0 bridgehead atoms. The zero-order valence-corrected chi connectivity index (χ0v) is 11.9. The molecule has 1 aliphatic carbocycles. The van der Waals surface area contributed by atoms with E-state index in [4.69, 9.17) is 9.84 Å². The van der Waals surface area contributed by atoms with Crippen LogP contribution in [0.25, 0.3) is 0 Å². The van der Waals surface area contributed by atoms with E-state index in [0.29, 0.717) is 13.0 Å². The summed E-state index contributed by atoms with van der Waals surface area (Å²) in [6, 6.07) is 10.6. The fraction of sp³-hybridized carbons (Fsp3) is 0.562. The van der Waals surface area contributed by atoms with E-state index in [1.807, 2.05) is 18.2 Å². The summed E-state index contributed by atoms with van der Waals surface area (Å²) in [5.74, 6) is -0.875. The maximum Gasteiger partial charge on any atom is 0.306 e. The Bertz CT molecular complexity index is 421. The zero-order chi connectivity index (χ0) is 14.4. The highest BCUT2D eigenvalue weighted by Gasteiger charge is 2.28. The third-order valence-corrected chi connectivity index (χ3v) is 4.00. The van der Waals surface area contributed by atoms with E-state index in [2.05, 4.69) is 17.4 Å². The highest BCUT2D eigenvalue weighted by molar-refractivity contribution is 5.70. The zero-order valence-electron chi connectivity index (χ0n) is 11.9. The highest BCUT2D eigenvalue weighted by atomic mass is 16.5. The van der Waals surface area contributed by atoms with Crippen molar-refractivity contribution in [2.75, 3.05) is 13.7 Å². The summed E-state index contributed by atoms with van der Waals surface area (Å²) < 4.78 is 5.30. The molecule has 1 saturated carbocycles. The lowest BCUT2D eigenvalue weighted by Crippen LogP contribution is -2.39. The van der Waals surface area contributed by atoms with Gasteiger partial charge < -0.3 is 15.2 Å². The molecule has 0 heterocycles. The Morgan fingerprint density at radius 1 is 1.40 bits per heavy atom. The lowest BCUT2D eigenvalue weighted by molar-refractivity contribution is -0.143. The van der Waals surface area contributed by atoms with Crippen molar-refractivity contribution in [2.24, 2.45) is 5.92 Å². The summed E-state index contributed by atoms with van der Waals surface area (Å²) in [5, 5.41) is 12.7. The van der Waals surface area contributed by atoms with E-state index < -0.39 is 5.97 Å². The number of carboxylic acid groups (broad SMARTS) is 1. The van der Waals surface area contributed by atoms with E-state index in [1.165, 1.54) is 5.56 Å². The number of benzene rings is 1. The minimum atomic E-state index is -0.667. The Balaban J connectivity index is 1.99. The van der Waals surface area contributed by atoms with Gasteiger partial charge in [-0.1, -0.05) is 36.8 Å². The molecule has 0 radical (unpaired) electrons. The maximum absolute atomic E-state index is 11.1. The molecular weight excluding hydrogens is 254 g/mol. The molecule has 4 nitrogen and oxygen atoms in total. The van der Waals surface area contributed by atoms with Gasteiger partial charge in [-0.05, 0) is 24.8 Å². The molecule has 1 fully saturated rings. The Kier molecular flexibility index (Phi) is 5.56. The van der Waals surface area contributed by atoms with Crippen molar-refractivity contribution in [3.63, 3.8) is 0 Å². The number of methoxy groups -OCH3 is 1. The van der Waals surface area contributed by atoms with Crippen LogP contribution in [0.5, 0.6) is 0 Å². The van der Waals surface area contributed by atoms with Gasteiger partial charge in [0.05, 0.1) is 18.6 Å². The van der Waals surface area contributed by atoms with Gasteiger partial charge in [0.1, 0.15) is 0 Å². The third kappa shape index (κ3) is 4.05. The van der Waals surface area contributed by atoms with Crippen molar-refractivity contribution in [1.82, 2.24) is 5.32 Å². The molecule has 0 spiro atoms. The molecule has 0 amide bonds. The van der Waals surface area contributed by atoms with Crippen LogP contribution in [-0.4, -0.2) is 30.8 Å². The molecule has 0 saturated heterocycles. The second-order valence-corrected chi connectivity index (χ2v) is 5.48. The number of carboxylic acids is 1. The normalized spacial score (nSPS) is 24.2. The van der Waals surface area contributed by atoms with Gasteiger partial charge in [0.25, 0.3) is 0 Å². The number of hydrogen-bond donors (Lipinski definition) is 2. The first-order valence-electron chi connectivity index (χ1n) is 7.23. The van der Waals surface area contributed by atoms with Gasteiger partial charge in [0.2, 0.25) is 0 Å². The first-order valence-corrected chi connectivity index (χ1v) is 7.23. The van der Waals surface area contributed by atoms with Crippen LogP contribution in [-0.2, 0) is 9.53 Å². The Labute approximate surface area is 120 Å². The van der Waals surface area contributed by atoms with E-state index in [-0.39, 0.29) is 18.0 Å². The molecule has 0 aromatic heterocycles. The summed E-state index contributed by atoms with van der Waals surface area (Å²) in [6.45, 7) is 0.595. The van der Waals surface area contributed by atoms with Crippen molar-refractivity contribution >= 4 is 5.97 Å². The van der Waals surface area contributed by atoms with Gasteiger partial charge in [0, 0.05) is 13.2 Å². The van der Waals surface area contributed by atoms with Crippen molar-refractivity contribution < 1.29 is 14.6 Å². The lowest BCUT2D eigenvalue weighted by atomic mass is 9.85. The van der Waals surface area contributed by atoms with E-state index in [9.17, 15) is 4.79 Å². The Morgan fingerprint density at radius 2 is 2.15 bits per heavy atom. The van der Waals surface area contributed by atoms with Crippen LogP contribution < -0.4 is 5.32 Å². The molecule has 1 aromatic carbocycles. The smallest absolute Gasteiger partial charge is 0.306 e. The minimum Gasteiger partial charge on any atom is -0.481 e. The van der Waals surface area contributed by atoms with Crippen molar-refractivity contribution in [3.8, 4) is 0 Å². The van der Waals surface area contributed by atoms with E-state index in [1.54, 1.807) is 7.11 Å². The third-order valence-electron chi connectivity index (χ3n) is 4.00. The van der Waals surface area contributed by atoms with Crippen molar-refractivity contribution in [1.29, 1.82) is 0 Å². The van der Waals surface area contributed by atoms with Crippen molar-refractivity contribution in [2.45, 2.75) is 37.8 Å². The standard InChI is InChI=1S/C16H23NO3/c1-20-11-15(12-6-3-2-4-7-12)17-14-9-5-8-13(10-14)16(18)19/h2-4,6-7,13-15,17H,5,8-11H2,1H3,(H,18,19). The van der Waals surface area contributed by atoms with Gasteiger partial charge in [-0.25, -0.2) is 0 Å². The first kappa shape index (κ1) is 15.0. The quantitative estimate of drug-likeness (QED) is 0.839. The van der Waals surface area contributed by atoms with Crippen LogP contribution in [0.2, 0.25) is 0 Å². The van der Waals surface area contributed by atoms with Crippen LogP contribution in [0.15, 0.2) is 30.3 Å². The molecule has 20 heavy (non-hydrogen) atoms. The van der Waals surface area contributed by atoms with Gasteiger partial charge >= 0.3 is 5.97 Å². The summed E-state index contributed by atoms with van der Waals surface area (Å²) in [5.41, 5.74) is 1.19. The molecule has 1 aliphatic rings. The first-order chi connectivity index (χ1) is 9.70. The second-order valence-electron chi connectivity index (χ2n) is 5.48. The second kappa shape index (κ2) is 7.41. The fourth-order valence-electron chi connectivity index (χ4n) is 2.94. The lowest BCUT2D eigenvalue weighted by Gasteiger charge is -2.31. The number of aliphatic carboxylic acids is 1. The van der Waals surface area contributed by atoms with Crippen LogP contribution in [0.3, 0.4) is 0 Å². The molecule has 2 rings (SSSR count). The highest BCUT2D eigenvalue weighted by Crippen LogP contribution is 2.26. The van der Waals surface area contributed by atoms with Gasteiger partial charge in [0.15, 0.2) is 0 Å². The molecule has 110 valence electrons. The largest absolute Gasteiger partial charge is 0.481 e. The number of hydrogen-bond acceptors (Lipinski definition) is 3. The summed E-state index contributed by atoms with van der Waals surface area (Å²) >= 11 is 0. The van der Waals surface area contributed by atoms with Crippen LogP contribution in [0, 0.1) is 5.92 Å². The van der Waals surface area contributed by atoms with Gasteiger partial charge in [-0.3, -0.25) is 4.79 Å². The predicted molar refractivity (Wildman–Crippen MR) is 77.6 cm³/mol. The average molecular weight is 277 g/mol. The van der Waals surface area contributed by atoms with E-state index >= 15 is 0 Å². The Morgan fingerprint density at radius 3 is 2.80 bits per heavy atom. The number of rotatable bonds is 6. The molecule has 2 N–H and O–H groups in total. The number of nitrogens with one attached hydrogen (secondary N) is 1. The van der Waals surface area contributed by atoms with Crippen LogP contribution in [0.4, 0.5) is 0 Å². The topological polar surface area (TPSA) is 58.6 Å². The molecule has 3 unspecified atom stereocenters. The number of carbonyl (C=O) groups is 1. The molecular formula is C16H23NO3. The van der Waals surface area contributed by atoms with Crippen molar-refractivity contribution in [3.05, 3.63) is 35.9 Å². The summed E-state index contributed by atoms with van der Waals surface area (Å²) in [4.78, 5) is 11.1. The molecule has 4 heteroatoms. The molecule has 3 atom stereocenters. The Hall–Kier alpha value is -1.39. The SMILES string of the molecule is COCC(NC1CCCC(C(=O)O)C1)c1ccccc1. The van der Waals surface area contributed by atoms with Crippen LogP contribution >= 0.6 is 0 Å². The molecule has 1 aromatic rings. The molecule has 0 aliphatic heterocycles. The monoisotopic (exact) mass is 277 g/mol.